The molecule has 1 saturated carbocycles. The van der Waals surface area contributed by atoms with Gasteiger partial charge in [0.2, 0.25) is 0 Å². The largest absolute Gasteiger partial charge is 0.384 e. The summed E-state index contributed by atoms with van der Waals surface area (Å²) < 4.78 is 0. The Bertz CT molecular complexity index is 360. The summed E-state index contributed by atoms with van der Waals surface area (Å²) in [5.41, 5.74) is 5.76. The van der Waals surface area contributed by atoms with Crippen LogP contribution in [0.1, 0.15) is 44.9 Å². The fourth-order valence-electron chi connectivity index (χ4n) is 1.96. The summed E-state index contributed by atoms with van der Waals surface area (Å²) in [7, 11) is 0. The fourth-order valence-corrected chi connectivity index (χ4v) is 1.96. The van der Waals surface area contributed by atoms with Crippen LogP contribution in [0, 0.1) is 5.92 Å². The highest BCUT2D eigenvalue weighted by molar-refractivity contribution is 5.44. The molecule has 0 amide bonds. The Morgan fingerprint density at radius 2 is 2.24 bits per heavy atom. The Kier molecular flexibility index (Phi) is 4.18. The smallest absolute Gasteiger partial charge is 0.133 e. The summed E-state index contributed by atoms with van der Waals surface area (Å²) in [5, 5.41) is 3.34. The van der Waals surface area contributed by atoms with Crippen LogP contribution in [0.4, 0.5) is 11.6 Å². The van der Waals surface area contributed by atoms with Gasteiger partial charge in [0.25, 0.3) is 0 Å². The van der Waals surface area contributed by atoms with Gasteiger partial charge in [-0.15, -0.1) is 0 Å². The molecule has 2 rings (SSSR count). The number of hydrogen-bond acceptors (Lipinski definition) is 4. The lowest BCUT2D eigenvalue weighted by molar-refractivity contribution is 0.686. The standard InChI is InChI=1S/C13H22N4/c1-2-4-12-16-11(14)9-13(17-12)15-8-3-5-10-6-7-10/h9-10H,2-8H2,1H3,(H3,14,15,16,17). The minimum Gasteiger partial charge on any atom is -0.384 e. The van der Waals surface area contributed by atoms with Crippen LogP contribution in [0.15, 0.2) is 6.07 Å². The lowest BCUT2D eigenvalue weighted by Gasteiger charge is -2.07. The zero-order valence-corrected chi connectivity index (χ0v) is 10.6. The first-order chi connectivity index (χ1) is 8.28. The molecule has 1 aliphatic carbocycles. The third-order valence-corrected chi connectivity index (χ3v) is 3.06. The van der Waals surface area contributed by atoms with Crippen molar-refractivity contribution in [1.82, 2.24) is 9.97 Å². The zero-order chi connectivity index (χ0) is 12.1. The average Bonchev–Trinajstić information content (AvgIpc) is 3.08. The van der Waals surface area contributed by atoms with Crippen molar-refractivity contribution in [1.29, 1.82) is 0 Å². The molecule has 1 fully saturated rings. The van der Waals surface area contributed by atoms with Crippen LogP contribution in [0.5, 0.6) is 0 Å². The lowest BCUT2D eigenvalue weighted by Crippen LogP contribution is -2.07. The monoisotopic (exact) mass is 234 g/mol. The first-order valence-electron chi connectivity index (χ1n) is 6.65. The Labute approximate surface area is 103 Å². The zero-order valence-electron chi connectivity index (χ0n) is 10.6. The number of nitrogen functional groups attached to an aromatic ring is 1. The van der Waals surface area contributed by atoms with Crippen molar-refractivity contribution in [2.75, 3.05) is 17.6 Å². The minimum absolute atomic E-state index is 0.563. The number of nitrogens with two attached hydrogens (primary N) is 1. The van der Waals surface area contributed by atoms with E-state index in [2.05, 4.69) is 22.2 Å². The average molecular weight is 234 g/mol. The highest BCUT2D eigenvalue weighted by Gasteiger charge is 2.19. The summed E-state index contributed by atoms with van der Waals surface area (Å²) in [4.78, 5) is 8.67. The first kappa shape index (κ1) is 12.1. The Balaban J connectivity index is 1.80. The molecule has 1 aliphatic rings. The molecule has 1 aromatic rings. The van der Waals surface area contributed by atoms with Gasteiger partial charge in [0.05, 0.1) is 0 Å². The topological polar surface area (TPSA) is 63.8 Å². The van der Waals surface area contributed by atoms with Crippen LogP contribution in [0.3, 0.4) is 0 Å². The number of hydrogen-bond donors (Lipinski definition) is 2. The molecule has 0 unspecified atom stereocenters. The molecular weight excluding hydrogens is 212 g/mol. The number of nitrogens with one attached hydrogen (secondary N) is 1. The number of rotatable bonds is 7. The second-order valence-corrected chi connectivity index (χ2v) is 4.86. The minimum atomic E-state index is 0.563. The molecule has 1 heterocycles. The third-order valence-electron chi connectivity index (χ3n) is 3.06. The van der Waals surface area contributed by atoms with Gasteiger partial charge in [-0.2, -0.15) is 0 Å². The van der Waals surface area contributed by atoms with Gasteiger partial charge in [0.1, 0.15) is 17.5 Å². The van der Waals surface area contributed by atoms with Gasteiger partial charge >= 0.3 is 0 Å². The summed E-state index contributed by atoms with van der Waals surface area (Å²) in [6.07, 6.45) is 7.36. The van der Waals surface area contributed by atoms with E-state index in [9.17, 15) is 0 Å². The molecule has 3 N–H and O–H groups in total. The van der Waals surface area contributed by atoms with E-state index in [0.717, 1.165) is 36.9 Å². The molecule has 0 saturated heterocycles. The summed E-state index contributed by atoms with van der Waals surface area (Å²) >= 11 is 0. The molecule has 94 valence electrons. The predicted octanol–water partition coefficient (Wildman–Crippen LogP) is 2.61. The maximum Gasteiger partial charge on any atom is 0.133 e. The van der Waals surface area contributed by atoms with E-state index in [1.54, 1.807) is 0 Å². The van der Waals surface area contributed by atoms with E-state index >= 15 is 0 Å². The van der Waals surface area contributed by atoms with Crippen molar-refractivity contribution >= 4 is 11.6 Å². The van der Waals surface area contributed by atoms with Crippen LogP contribution in [0.2, 0.25) is 0 Å². The molecule has 4 nitrogen and oxygen atoms in total. The van der Waals surface area contributed by atoms with E-state index in [1.165, 1.54) is 25.7 Å². The fraction of sp³-hybridized carbons (Fsp3) is 0.692. The molecule has 0 aliphatic heterocycles. The summed E-state index contributed by atoms with van der Waals surface area (Å²) in [6, 6.07) is 1.82. The van der Waals surface area contributed by atoms with Crippen LogP contribution in [-0.4, -0.2) is 16.5 Å². The van der Waals surface area contributed by atoms with E-state index in [4.69, 9.17) is 5.73 Å². The summed E-state index contributed by atoms with van der Waals surface area (Å²) in [6.45, 7) is 3.10. The molecule has 0 aromatic carbocycles. The van der Waals surface area contributed by atoms with Gasteiger partial charge < -0.3 is 11.1 Å². The van der Waals surface area contributed by atoms with Crippen LogP contribution in [-0.2, 0) is 6.42 Å². The molecule has 4 heteroatoms. The van der Waals surface area contributed by atoms with Crippen LogP contribution in [0.25, 0.3) is 0 Å². The second kappa shape index (κ2) is 5.84. The molecule has 17 heavy (non-hydrogen) atoms. The molecule has 0 atom stereocenters. The van der Waals surface area contributed by atoms with E-state index in [1.807, 2.05) is 6.07 Å². The molecule has 0 radical (unpaired) electrons. The SMILES string of the molecule is CCCc1nc(N)cc(NCCCC2CC2)n1. The Morgan fingerprint density at radius 1 is 1.41 bits per heavy atom. The number of aromatic nitrogens is 2. The van der Waals surface area contributed by atoms with E-state index < -0.39 is 0 Å². The molecule has 0 spiro atoms. The van der Waals surface area contributed by atoms with E-state index in [-0.39, 0.29) is 0 Å². The van der Waals surface area contributed by atoms with Gasteiger partial charge in [0, 0.05) is 19.0 Å². The van der Waals surface area contributed by atoms with Crippen molar-refractivity contribution in [3.05, 3.63) is 11.9 Å². The van der Waals surface area contributed by atoms with Crippen molar-refractivity contribution < 1.29 is 0 Å². The van der Waals surface area contributed by atoms with Gasteiger partial charge in [-0.3, -0.25) is 0 Å². The van der Waals surface area contributed by atoms with Crippen LogP contribution < -0.4 is 11.1 Å². The number of aryl methyl sites for hydroxylation is 1. The quantitative estimate of drug-likeness (QED) is 0.712. The van der Waals surface area contributed by atoms with Crippen molar-refractivity contribution in [3.8, 4) is 0 Å². The van der Waals surface area contributed by atoms with Crippen molar-refractivity contribution in [3.63, 3.8) is 0 Å². The number of nitrogens with zero attached hydrogens (tertiary/aromatic N) is 2. The first-order valence-corrected chi connectivity index (χ1v) is 6.65. The van der Waals surface area contributed by atoms with Crippen molar-refractivity contribution in [2.24, 2.45) is 5.92 Å². The Morgan fingerprint density at radius 3 is 2.94 bits per heavy atom. The van der Waals surface area contributed by atoms with E-state index in [0.29, 0.717) is 5.82 Å². The molecular formula is C13H22N4. The van der Waals surface area contributed by atoms with Crippen molar-refractivity contribution in [2.45, 2.75) is 45.4 Å². The Hall–Kier alpha value is -1.32. The number of anilines is 2. The second-order valence-electron chi connectivity index (χ2n) is 4.86. The molecule has 0 bridgehead atoms. The normalized spacial score (nSPS) is 14.9. The van der Waals surface area contributed by atoms with Gasteiger partial charge in [-0.05, 0) is 25.2 Å². The lowest BCUT2D eigenvalue weighted by atomic mass is 10.2. The predicted molar refractivity (Wildman–Crippen MR) is 70.9 cm³/mol. The van der Waals surface area contributed by atoms with Crippen LogP contribution >= 0.6 is 0 Å². The summed E-state index contributed by atoms with van der Waals surface area (Å²) in [5.74, 6) is 3.28. The van der Waals surface area contributed by atoms with Gasteiger partial charge in [-0.1, -0.05) is 19.8 Å². The highest BCUT2D eigenvalue weighted by Crippen LogP contribution is 2.33. The molecule has 1 aromatic heterocycles. The van der Waals surface area contributed by atoms with Gasteiger partial charge in [-0.25, -0.2) is 9.97 Å². The van der Waals surface area contributed by atoms with Gasteiger partial charge in [0.15, 0.2) is 0 Å². The maximum absolute atomic E-state index is 5.76. The highest BCUT2D eigenvalue weighted by atomic mass is 15.0. The third kappa shape index (κ3) is 4.21. The maximum atomic E-state index is 5.76.